The monoisotopic (exact) mass is 545 g/mol. The number of rotatable bonds is 6. The first-order valence-electron chi connectivity index (χ1n) is 14.4. The summed E-state index contributed by atoms with van der Waals surface area (Å²) in [7, 11) is 0. The molecule has 222 valence electrons. The van der Waals surface area contributed by atoms with Crippen LogP contribution in [0.2, 0.25) is 0 Å². The van der Waals surface area contributed by atoms with Gasteiger partial charge in [0.05, 0.1) is 5.54 Å². The SMILES string of the molecule is CC(C)(NC(=O)NC1CC(C)(C)N(O)C(C)(C)C1)c1cccc(C(C)(C)NC2CC(C)(C)N(O)C(C)(C)C2)c1. The first-order valence-corrected chi connectivity index (χ1v) is 14.4. The number of carbonyl (C=O) groups excluding carboxylic acids is 1. The fourth-order valence-electron chi connectivity index (χ4n) is 7.21. The standard InChI is InChI=1S/C31H55N5O3/c1-26(2)17-23(18-27(3,4)35(26)38)32-25(37)34-31(11,12)22-15-13-14-21(16-22)30(9,10)33-24-19-28(5,6)36(39)29(7,8)20-24/h13-16,23-24,33,38-39H,17-20H2,1-12H3,(H2,32,34,37). The van der Waals surface area contributed by atoms with Gasteiger partial charge in [0.1, 0.15) is 0 Å². The van der Waals surface area contributed by atoms with Crippen molar-refractivity contribution in [2.45, 2.75) is 154 Å². The van der Waals surface area contributed by atoms with Gasteiger partial charge in [0.15, 0.2) is 0 Å². The Hall–Kier alpha value is -1.71. The molecule has 0 unspecified atom stereocenters. The zero-order valence-corrected chi connectivity index (χ0v) is 26.5. The summed E-state index contributed by atoms with van der Waals surface area (Å²) in [5.41, 5.74) is -0.230. The van der Waals surface area contributed by atoms with Crippen LogP contribution in [0.3, 0.4) is 0 Å². The molecule has 8 heteroatoms. The topological polar surface area (TPSA) is 100 Å². The number of nitrogens with one attached hydrogen (secondary N) is 3. The molecule has 8 nitrogen and oxygen atoms in total. The van der Waals surface area contributed by atoms with Crippen LogP contribution in [0.4, 0.5) is 4.79 Å². The van der Waals surface area contributed by atoms with Crippen molar-refractivity contribution in [1.82, 2.24) is 26.1 Å². The zero-order valence-electron chi connectivity index (χ0n) is 26.5. The largest absolute Gasteiger partial charge is 0.335 e. The lowest BCUT2D eigenvalue weighted by Gasteiger charge is -2.53. The Kier molecular flexibility index (Phi) is 8.39. The second-order valence-electron chi connectivity index (χ2n) is 15.7. The van der Waals surface area contributed by atoms with Crippen LogP contribution >= 0.6 is 0 Å². The van der Waals surface area contributed by atoms with Gasteiger partial charge >= 0.3 is 6.03 Å². The molecule has 3 rings (SSSR count). The van der Waals surface area contributed by atoms with Crippen molar-refractivity contribution in [2.24, 2.45) is 0 Å². The smallest absolute Gasteiger partial charge is 0.315 e. The van der Waals surface area contributed by atoms with Gasteiger partial charge < -0.3 is 26.4 Å². The molecule has 1 aromatic carbocycles. The molecule has 2 fully saturated rings. The van der Waals surface area contributed by atoms with Crippen LogP contribution in [0.25, 0.3) is 0 Å². The van der Waals surface area contributed by atoms with E-state index in [2.05, 4.69) is 81.8 Å². The predicted molar refractivity (Wildman–Crippen MR) is 157 cm³/mol. The molecule has 2 aliphatic rings. The lowest BCUT2D eigenvalue weighted by molar-refractivity contribution is -0.247. The van der Waals surface area contributed by atoms with Gasteiger partial charge in [0.2, 0.25) is 0 Å². The van der Waals surface area contributed by atoms with E-state index in [1.807, 2.05) is 41.5 Å². The third kappa shape index (κ3) is 6.96. The van der Waals surface area contributed by atoms with E-state index < -0.39 is 16.6 Å². The highest BCUT2D eigenvalue weighted by atomic mass is 16.5. The van der Waals surface area contributed by atoms with Gasteiger partial charge in [-0.25, -0.2) is 4.79 Å². The minimum atomic E-state index is -0.592. The summed E-state index contributed by atoms with van der Waals surface area (Å²) in [6.45, 7) is 24.8. The summed E-state index contributed by atoms with van der Waals surface area (Å²) in [5, 5.41) is 34.5. The van der Waals surface area contributed by atoms with E-state index >= 15 is 0 Å². The van der Waals surface area contributed by atoms with Crippen LogP contribution in [-0.2, 0) is 11.1 Å². The summed E-state index contributed by atoms with van der Waals surface area (Å²) in [6.07, 6.45) is 3.01. The normalized spacial score (nSPS) is 24.4. The third-order valence-corrected chi connectivity index (χ3v) is 8.91. The highest BCUT2D eigenvalue weighted by Gasteiger charge is 2.47. The van der Waals surface area contributed by atoms with Crippen molar-refractivity contribution in [1.29, 1.82) is 0 Å². The van der Waals surface area contributed by atoms with Crippen LogP contribution < -0.4 is 16.0 Å². The number of benzene rings is 1. The lowest BCUT2D eigenvalue weighted by atomic mass is 9.77. The molecule has 0 bridgehead atoms. The number of hydrogen-bond acceptors (Lipinski definition) is 6. The molecular weight excluding hydrogens is 490 g/mol. The fourth-order valence-corrected chi connectivity index (χ4v) is 7.21. The van der Waals surface area contributed by atoms with E-state index in [-0.39, 0.29) is 34.7 Å². The molecule has 0 saturated carbocycles. The number of amides is 2. The highest BCUT2D eigenvalue weighted by Crippen LogP contribution is 2.39. The molecule has 0 aromatic heterocycles. The molecule has 2 saturated heterocycles. The van der Waals surface area contributed by atoms with Crippen LogP contribution in [0.15, 0.2) is 24.3 Å². The quantitative estimate of drug-likeness (QED) is 0.307. The number of urea groups is 1. The highest BCUT2D eigenvalue weighted by molar-refractivity contribution is 5.75. The summed E-state index contributed by atoms with van der Waals surface area (Å²) in [5.74, 6) is 0. The van der Waals surface area contributed by atoms with Crippen molar-refractivity contribution >= 4 is 6.03 Å². The van der Waals surface area contributed by atoms with E-state index in [1.54, 1.807) is 0 Å². The van der Waals surface area contributed by atoms with Gasteiger partial charge in [-0.3, -0.25) is 0 Å². The predicted octanol–water partition coefficient (Wildman–Crippen LogP) is 5.87. The van der Waals surface area contributed by atoms with Crippen molar-refractivity contribution < 1.29 is 15.2 Å². The first-order chi connectivity index (χ1) is 17.5. The third-order valence-electron chi connectivity index (χ3n) is 8.91. The van der Waals surface area contributed by atoms with E-state index in [1.165, 1.54) is 10.1 Å². The maximum Gasteiger partial charge on any atom is 0.315 e. The van der Waals surface area contributed by atoms with E-state index in [0.29, 0.717) is 12.8 Å². The van der Waals surface area contributed by atoms with Crippen molar-refractivity contribution in [3.05, 3.63) is 35.4 Å². The molecule has 2 aliphatic heterocycles. The minimum Gasteiger partial charge on any atom is -0.335 e. The van der Waals surface area contributed by atoms with Gasteiger partial charge in [0, 0.05) is 39.8 Å². The van der Waals surface area contributed by atoms with Gasteiger partial charge in [-0.15, -0.1) is 0 Å². The first kappa shape index (κ1) is 31.8. The van der Waals surface area contributed by atoms with Crippen LogP contribution in [-0.4, -0.2) is 60.8 Å². The average Bonchev–Trinajstić information content (AvgIpc) is 2.74. The molecular formula is C31H55N5O3. The molecule has 1 aromatic rings. The van der Waals surface area contributed by atoms with Crippen molar-refractivity contribution in [3.63, 3.8) is 0 Å². The number of hydrogen-bond donors (Lipinski definition) is 5. The average molecular weight is 546 g/mol. The molecule has 0 radical (unpaired) electrons. The Balaban J connectivity index is 1.71. The molecule has 5 N–H and O–H groups in total. The molecule has 2 heterocycles. The molecule has 39 heavy (non-hydrogen) atoms. The number of carbonyl (C=O) groups is 1. The van der Waals surface area contributed by atoms with Crippen molar-refractivity contribution in [3.8, 4) is 0 Å². The summed E-state index contributed by atoms with van der Waals surface area (Å²) in [4.78, 5) is 13.2. The van der Waals surface area contributed by atoms with Crippen LogP contribution in [0.1, 0.15) is 120 Å². The van der Waals surface area contributed by atoms with E-state index in [0.717, 1.165) is 24.0 Å². The number of nitrogens with zero attached hydrogens (tertiary/aromatic N) is 2. The minimum absolute atomic E-state index is 0.0393. The number of hydroxylamine groups is 4. The Morgan fingerprint density at radius 2 is 1.13 bits per heavy atom. The zero-order chi connectivity index (χ0) is 29.8. The van der Waals surface area contributed by atoms with Gasteiger partial charge in [0.25, 0.3) is 0 Å². The van der Waals surface area contributed by atoms with Gasteiger partial charge in [-0.1, -0.05) is 24.3 Å². The Morgan fingerprint density at radius 1 is 0.744 bits per heavy atom. The molecule has 0 spiro atoms. The Bertz CT molecular complexity index is 1010. The molecule has 2 amide bonds. The summed E-state index contributed by atoms with van der Waals surface area (Å²) < 4.78 is 0. The van der Waals surface area contributed by atoms with E-state index in [9.17, 15) is 15.2 Å². The van der Waals surface area contributed by atoms with Crippen LogP contribution in [0, 0.1) is 0 Å². The van der Waals surface area contributed by atoms with Crippen molar-refractivity contribution in [2.75, 3.05) is 0 Å². The summed E-state index contributed by atoms with van der Waals surface area (Å²) in [6, 6.07) is 8.44. The molecule has 0 atom stereocenters. The number of piperidine rings is 2. The Morgan fingerprint density at radius 3 is 1.56 bits per heavy atom. The van der Waals surface area contributed by atoms with Crippen LogP contribution in [0.5, 0.6) is 0 Å². The fraction of sp³-hybridized carbons (Fsp3) is 0.774. The molecule has 0 aliphatic carbocycles. The van der Waals surface area contributed by atoms with Gasteiger partial charge in [-0.05, 0) is 120 Å². The summed E-state index contributed by atoms with van der Waals surface area (Å²) >= 11 is 0. The van der Waals surface area contributed by atoms with Gasteiger partial charge in [-0.2, -0.15) is 10.1 Å². The second-order valence-corrected chi connectivity index (χ2v) is 15.7. The Labute approximate surface area is 236 Å². The van der Waals surface area contributed by atoms with E-state index in [4.69, 9.17) is 0 Å². The maximum absolute atomic E-state index is 13.2. The maximum atomic E-state index is 13.2. The second kappa shape index (κ2) is 10.3. The lowest BCUT2D eigenvalue weighted by Crippen LogP contribution is -2.64.